The van der Waals surface area contributed by atoms with Gasteiger partial charge in [0.1, 0.15) is 0 Å². The summed E-state index contributed by atoms with van der Waals surface area (Å²) in [6.45, 7) is 2.27. The van der Waals surface area contributed by atoms with Crippen molar-refractivity contribution in [1.29, 1.82) is 0 Å². The zero-order valence-electron chi connectivity index (χ0n) is 10.9. The summed E-state index contributed by atoms with van der Waals surface area (Å²) in [5, 5.41) is 9.13. The molecule has 0 bridgehead atoms. The molecule has 1 saturated carbocycles. The predicted octanol–water partition coefficient (Wildman–Crippen LogP) is 3.26. The molecule has 94 valence electrons. The van der Waals surface area contributed by atoms with Crippen molar-refractivity contribution in [2.75, 3.05) is 11.9 Å². The van der Waals surface area contributed by atoms with Gasteiger partial charge in [0.15, 0.2) is 0 Å². The number of hydrogen-bond acceptors (Lipinski definition) is 2. The van der Waals surface area contributed by atoms with Crippen molar-refractivity contribution in [2.24, 2.45) is 0 Å². The highest BCUT2D eigenvalue weighted by molar-refractivity contribution is 5.54. The molecule has 0 atom stereocenters. The second-order valence-corrected chi connectivity index (χ2v) is 5.18. The number of nitrogens with zero attached hydrogens (tertiary/aromatic N) is 1. The molecule has 0 aliphatic heterocycles. The van der Waals surface area contributed by atoms with E-state index in [4.69, 9.17) is 5.11 Å². The summed E-state index contributed by atoms with van der Waals surface area (Å²) >= 11 is 0. The average Bonchev–Trinajstić information content (AvgIpc) is 2.39. The van der Waals surface area contributed by atoms with E-state index < -0.39 is 0 Å². The summed E-state index contributed by atoms with van der Waals surface area (Å²) in [4.78, 5) is 2.43. The normalized spacial score (nSPS) is 17.1. The Balaban J connectivity index is 2.15. The first-order valence-electron chi connectivity index (χ1n) is 6.65. The molecule has 0 heterocycles. The molecule has 2 rings (SSSR count). The SMILES string of the molecule is Cc1cc(CO)ccc1N(C)C1CCCCC1. The van der Waals surface area contributed by atoms with Gasteiger partial charge in [-0.3, -0.25) is 0 Å². The Morgan fingerprint density at radius 3 is 2.53 bits per heavy atom. The number of aryl methyl sites for hydroxylation is 1. The summed E-state index contributed by atoms with van der Waals surface area (Å²) in [7, 11) is 2.21. The lowest BCUT2D eigenvalue weighted by Gasteiger charge is -2.34. The zero-order chi connectivity index (χ0) is 12.3. The highest BCUT2D eigenvalue weighted by Gasteiger charge is 2.19. The van der Waals surface area contributed by atoms with Gasteiger partial charge >= 0.3 is 0 Å². The minimum absolute atomic E-state index is 0.133. The maximum absolute atomic E-state index is 9.13. The van der Waals surface area contributed by atoms with Crippen LogP contribution in [0.15, 0.2) is 18.2 Å². The molecule has 17 heavy (non-hydrogen) atoms. The minimum atomic E-state index is 0.133. The predicted molar refractivity (Wildman–Crippen MR) is 72.4 cm³/mol. The average molecular weight is 233 g/mol. The van der Waals surface area contributed by atoms with E-state index in [1.165, 1.54) is 43.4 Å². The highest BCUT2D eigenvalue weighted by atomic mass is 16.3. The van der Waals surface area contributed by atoms with Crippen LogP contribution in [0.5, 0.6) is 0 Å². The van der Waals surface area contributed by atoms with E-state index in [-0.39, 0.29) is 6.61 Å². The first-order chi connectivity index (χ1) is 8.22. The number of aliphatic hydroxyl groups excluding tert-OH is 1. The van der Waals surface area contributed by atoms with E-state index in [1.807, 2.05) is 6.07 Å². The number of rotatable bonds is 3. The molecule has 1 aliphatic carbocycles. The van der Waals surface area contributed by atoms with Crippen molar-refractivity contribution in [2.45, 2.75) is 51.7 Å². The second kappa shape index (κ2) is 5.54. The third-order valence-corrected chi connectivity index (χ3v) is 3.95. The summed E-state index contributed by atoms with van der Waals surface area (Å²) in [5.74, 6) is 0. The van der Waals surface area contributed by atoms with Crippen LogP contribution in [0.1, 0.15) is 43.2 Å². The summed E-state index contributed by atoms with van der Waals surface area (Å²) in [6, 6.07) is 6.97. The molecule has 0 amide bonds. The summed E-state index contributed by atoms with van der Waals surface area (Å²) in [5.41, 5.74) is 3.59. The van der Waals surface area contributed by atoms with Gasteiger partial charge in [-0.2, -0.15) is 0 Å². The molecule has 1 aliphatic rings. The van der Waals surface area contributed by atoms with Crippen LogP contribution in [-0.2, 0) is 6.61 Å². The van der Waals surface area contributed by atoms with E-state index >= 15 is 0 Å². The van der Waals surface area contributed by atoms with Gasteiger partial charge in [-0.1, -0.05) is 31.4 Å². The molecule has 0 saturated heterocycles. The van der Waals surface area contributed by atoms with Crippen LogP contribution < -0.4 is 4.90 Å². The smallest absolute Gasteiger partial charge is 0.0681 e. The van der Waals surface area contributed by atoms with Crippen molar-refractivity contribution in [3.63, 3.8) is 0 Å². The maximum atomic E-state index is 9.13. The van der Waals surface area contributed by atoms with Gasteiger partial charge in [-0.05, 0) is 37.0 Å². The van der Waals surface area contributed by atoms with Gasteiger partial charge in [0.2, 0.25) is 0 Å². The van der Waals surface area contributed by atoms with Crippen molar-refractivity contribution < 1.29 is 5.11 Å². The lowest BCUT2D eigenvalue weighted by atomic mass is 9.93. The van der Waals surface area contributed by atoms with Crippen LogP contribution in [0.25, 0.3) is 0 Å². The fraction of sp³-hybridized carbons (Fsp3) is 0.600. The van der Waals surface area contributed by atoms with Crippen molar-refractivity contribution in [3.8, 4) is 0 Å². The molecule has 1 N–H and O–H groups in total. The Morgan fingerprint density at radius 2 is 1.94 bits per heavy atom. The van der Waals surface area contributed by atoms with Gasteiger partial charge in [0.25, 0.3) is 0 Å². The Bertz CT molecular complexity index is 369. The van der Waals surface area contributed by atoms with Crippen molar-refractivity contribution in [3.05, 3.63) is 29.3 Å². The standard InChI is InChI=1S/C15H23NO/c1-12-10-13(11-17)8-9-15(12)16(2)14-6-4-3-5-7-14/h8-10,14,17H,3-7,11H2,1-2H3. The van der Waals surface area contributed by atoms with Crippen LogP contribution in [0, 0.1) is 6.92 Å². The van der Waals surface area contributed by atoms with Crippen LogP contribution in [0.4, 0.5) is 5.69 Å². The Hall–Kier alpha value is -1.02. The van der Waals surface area contributed by atoms with Crippen molar-refractivity contribution in [1.82, 2.24) is 0 Å². The van der Waals surface area contributed by atoms with Crippen molar-refractivity contribution >= 4 is 5.69 Å². The Labute approximate surface area is 104 Å². The zero-order valence-corrected chi connectivity index (χ0v) is 10.9. The molecule has 1 aromatic rings. The quantitative estimate of drug-likeness (QED) is 0.866. The molecule has 0 aromatic heterocycles. The molecule has 0 unspecified atom stereocenters. The first-order valence-corrected chi connectivity index (χ1v) is 6.65. The second-order valence-electron chi connectivity index (χ2n) is 5.18. The van der Waals surface area contributed by atoms with Crippen LogP contribution >= 0.6 is 0 Å². The Morgan fingerprint density at radius 1 is 1.24 bits per heavy atom. The number of benzene rings is 1. The number of hydrogen-bond donors (Lipinski definition) is 1. The molecular weight excluding hydrogens is 210 g/mol. The fourth-order valence-electron chi connectivity index (χ4n) is 2.88. The number of anilines is 1. The molecule has 2 nitrogen and oxygen atoms in total. The van der Waals surface area contributed by atoms with E-state index in [0.717, 1.165) is 5.56 Å². The number of aliphatic hydroxyl groups is 1. The third-order valence-electron chi connectivity index (χ3n) is 3.95. The lowest BCUT2D eigenvalue weighted by molar-refractivity contribution is 0.282. The van der Waals surface area contributed by atoms with Gasteiger partial charge in [0.05, 0.1) is 6.61 Å². The van der Waals surface area contributed by atoms with E-state index in [2.05, 4.69) is 31.0 Å². The van der Waals surface area contributed by atoms with E-state index in [1.54, 1.807) is 0 Å². The van der Waals surface area contributed by atoms with E-state index in [0.29, 0.717) is 6.04 Å². The van der Waals surface area contributed by atoms with E-state index in [9.17, 15) is 0 Å². The topological polar surface area (TPSA) is 23.5 Å². The highest BCUT2D eigenvalue weighted by Crippen LogP contribution is 2.28. The summed E-state index contributed by atoms with van der Waals surface area (Å²) < 4.78 is 0. The largest absolute Gasteiger partial charge is 0.392 e. The third kappa shape index (κ3) is 2.81. The van der Waals surface area contributed by atoms with Crippen LogP contribution in [0.2, 0.25) is 0 Å². The van der Waals surface area contributed by atoms with Gasteiger partial charge in [-0.25, -0.2) is 0 Å². The molecule has 0 spiro atoms. The fourth-order valence-corrected chi connectivity index (χ4v) is 2.88. The molecular formula is C15H23NO. The molecule has 2 heteroatoms. The Kier molecular flexibility index (Phi) is 4.06. The van der Waals surface area contributed by atoms with Gasteiger partial charge < -0.3 is 10.0 Å². The van der Waals surface area contributed by atoms with Gasteiger partial charge in [-0.15, -0.1) is 0 Å². The molecule has 1 aromatic carbocycles. The minimum Gasteiger partial charge on any atom is -0.392 e. The van der Waals surface area contributed by atoms with Crippen LogP contribution in [0.3, 0.4) is 0 Å². The first kappa shape index (κ1) is 12.4. The summed E-state index contributed by atoms with van der Waals surface area (Å²) in [6.07, 6.45) is 6.76. The molecule has 1 fully saturated rings. The monoisotopic (exact) mass is 233 g/mol. The maximum Gasteiger partial charge on any atom is 0.0681 e. The molecule has 0 radical (unpaired) electrons. The van der Waals surface area contributed by atoms with Crippen LogP contribution in [-0.4, -0.2) is 18.2 Å². The lowest BCUT2D eigenvalue weighted by Crippen LogP contribution is -2.33. The van der Waals surface area contributed by atoms with Gasteiger partial charge in [0, 0.05) is 18.8 Å².